The number of amides is 1. The van der Waals surface area contributed by atoms with Gasteiger partial charge in [-0.25, -0.2) is 14.8 Å². The maximum Gasteiger partial charge on any atom is 0.350 e. The van der Waals surface area contributed by atoms with Crippen LogP contribution < -0.4 is 15.5 Å². The van der Waals surface area contributed by atoms with Crippen molar-refractivity contribution in [3.8, 4) is 0 Å². The first kappa shape index (κ1) is 23.5. The molecule has 31 heavy (non-hydrogen) atoms. The smallest absolute Gasteiger partial charge is 0.350 e. The molecule has 1 aliphatic rings. The number of ether oxygens (including phenoxy) is 1. The van der Waals surface area contributed by atoms with Crippen LogP contribution in [0.3, 0.4) is 0 Å². The van der Waals surface area contributed by atoms with Crippen LogP contribution in [0.5, 0.6) is 0 Å². The largest absolute Gasteiger partial charge is 0.462 e. The third kappa shape index (κ3) is 5.36. The van der Waals surface area contributed by atoms with Crippen molar-refractivity contribution in [1.82, 2.24) is 25.6 Å². The van der Waals surface area contributed by atoms with E-state index in [1.54, 1.807) is 6.92 Å². The van der Waals surface area contributed by atoms with Gasteiger partial charge in [0.05, 0.1) is 18.0 Å². The normalized spacial score (nSPS) is 18.8. The second kappa shape index (κ2) is 10.4. The van der Waals surface area contributed by atoms with Crippen LogP contribution >= 0.6 is 22.9 Å². The van der Waals surface area contributed by atoms with Gasteiger partial charge >= 0.3 is 5.97 Å². The summed E-state index contributed by atoms with van der Waals surface area (Å²) in [6.07, 6.45) is 1.41. The van der Waals surface area contributed by atoms with Gasteiger partial charge in [-0.2, -0.15) is 0 Å². The summed E-state index contributed by atoms with van der Waals surface area (Å²) in [6.45, 7) is 10.1. The van der Waals surface area contributed by atoms with E-state index in [-0.39, 0.29) is 29.8 Å². The predicted molar refractivity (Wildman–Crippen MR) is 121 cm³/mol. The van der Waals surface area contributed by atoms with Crippen LogP contribution in [0.4, 0.5) is 5.13 Å². The first-order valence-electron chi connectivity index (χ1n) is 10.6. The summed E-state index contributed by atoms with van der Waals surface area (Å²) in [7, 11) is 0. The van der Waals surface area contributed by atoms with Crippen molar-refractivity contribution in [3.05, 3.63) is 27.2 Å². The van der Waals surface area contributed by atoms with E-state index >= 15 is 0 Å². The number of anilines is 1. The van der Waals surface area contributed by atoms with E-state index in [9.17, 15) is 9.59 Å². The van der Waals surface area contributed by atoms with E-state index in [1.807, 2.05) is 20.8 Å². The van der Waals surface area contributed by atoms with E-state index in [4.69, 9.17) is 16.3 Å². The molecule has 3 N–H and O–H groups in total. The van der Waals surface area contributed by atoms with Gasteiger partial charge in [-0.1, -0.05) is 36.8 Å². The molecule has 3 heterocycles. The van der Waals surface area contributed by atoms with Crippen molar-refractivity contribution >= 4 is 39.9 Å². The number of carbonyl (C=O) groups is 2. The van der Waals surface area contributed by atoms with Crippen LogP contribution in [0, 0.1) is 6.92 Å². The Hall–Kier alpha value is -2.17. The number of nitrogens with one attached hydrogen (secondary N) is 3. The quantitative estimate of drug-likeness (QED) is 0.510. The molecule has 0 spiro atoms. The third-order valence-corrected chi connectivity index (χ3v) is 6.72. The number of piperidine rings is 1. The molecular formula is C20H29ClN6O3S. The SMILES string of the molecule is CCN[C@@H]1CN(c2nc(C)c(C(=O)OCC)s2)CC[C@@H]1NC(=O)c1nc(Cl)c(CC)[nH]1. The monoisotopic (exact) mass is 468 g/mol. The summed E-state index contributed by atoms with van der Waals surface area (Å²) in [5.74, 6) is -0.371. The number of aryl methyl sites for hydroxylation is 2. The molecule has 1 saturated heterocycles. The molecule has 0 radical (unpaired) electrons. The second-order valence-electron chi connectivity index (χ2n) is 7.32. The molecule has 3 rings (SSSR count). The van der Waals surface area contributed by atoms with Gasteiger partial charge in [-0.3, -0.25) is 4.79 Å². The number of aromatic amines is 1. The van der Waals surface area contributed by atoms with Crippen LogP contribution in [0.2, 0.25) is 5.15 Å². The van der Waals surface area contributed by atoms with Crippen LogP contribution in [-0.2, 0) is 11.2 Å². The lowest BCUT2D eigenvalue weighted by Gasteiger charge is -2.39. The molecule has 0 saturated carbocycles. The number of H-pyrrole nitrogens is 1. The summed E-state index contributed by atoms with van der Waals surface area (Å²) in [5, 5.41) is 7.67. The number of rotatable bonds is 8. The Balaban J connectivity index is 1.69. The average Bonchev–Trinajstić information content (AvgIpc) is 3.32. The molecule has 0 unspecified atom stereocenters. The number of halogens is 1. The maximum absolute atomic E-state index is 12.7. The van der Waals surface area contributed by atoms with Gasteiger partial charge in [0, 0.05) is 25.2 Å². The molecule has 1 fully saturated rings. The average molecular weight is 469 g/mol. The first-order chi connectivity index (χ1) is 14.9. The van der Waals surface area contributed by atoms with E-state index in [0.29, 0.717) is 41.8 Å². The minimum atomic E-state index is -0.335. The molecular weight excluding hydrogens is 440 g/mol. The molecule has 2 atom stereocenters. The molecule has 0 aliphatic carbocycles. The Labute approximate surface area is 190 Å². The van der Waals surface area contributed by atoms with Crippen LogP contribution in [0.25, 0.3) is 0 Å². The van der Waals surface area contributed by atoms with Crippen molar-refractivity contribution in [2.45, 2.75) is 52.6 Å². The summed E-state index contributed by atoms with van der Waals surface area (Å²) >= 11 is 7.42. The van der Waals surface area contributed by atoms with Gasteiger partial charge < -0.3 is 25.3 Å². The molecule has 9 nitrogen and oxygen atoms in total. The lowest BCUT2D eigenvalue weighted by molar-refractivity contribution is 0.0531. The standard InChI is InChI=1S/C20H29ClN6O3S/c1-5-12-16(21)26-17(24-12)18(28)25-13-8-9-27(10-14(13)22-6-2)20-23-11(4)15(31-20)19(29)30-7-3/h13-14,22H,5-10H2,1-4H3,(H,24,26)(H,25,28)/t13-,14+/m0/s1. The Bertz CT molecular complexity index is 930. The third-order valence-electron chi connectivity index (χ3n) is 5.21. The fourth-order valence-corrected chi connectivity index (χ4v) is 4.90. The van der Waals surface area contributed by atoms with Gasteiger partial charge in [0.2, 0.25) is 0 Å². The number of likely N-dealkylation sites (N-methyl/N-ethyl adjacent to an activating group) is 1. The van der Waals surface area contributed by atoms with E-state index < -0.39 is 0 Å². The van der Waals surface area contributed by atoms with Crippen molar-refractivity contribution in [2.75, 3.05) is 31.1 Å². The Morgan fingerprint density at radius 3 is 2.71 bits per heavy atom. The van der Waals surface area contributed by atoms with E-state index in [2.05, 4.69) is 30.5 Å². The Morgan fingerprint density at radius 1 is 1.29 bits per heavy atom. The predicted octanol–water partition coefficient (Wildman–Crippen LogP) is 2.55. The summed E-state index contributed by atoms with van der Waals surface area (Å²) < 4.78 is 5.12. The topological polar surface area (TPSA) is 112 Å². The fourth-order valence-electron chi connectivity index (χ4n) is 3.64. The van der Waals surface area contributed by atoms with Crippen LogP contribution in [-0.4, -0.2) is 65.2 Å². The molecule has 1 amide bonds. The highest BCUT2D eigenvalue weighted by Crippen LogP contribution is 2.29. The number of aromatic nitrogens is 3. The summed E-state index contributed by atoms with van der Waals surface area (Å²) in [5.41, 5.74) is 1.43. The maximum atomic E-state index is 12.7. The fraction of sp³-hybridized carbons (Fsp3) is 0.600. The van der Waals surface area contributed by atoms with E-state index in [0.717, 1.165) is 23.8 Å². The lowest BCUT2D eigenvalue weighted by Crippen LogP contribution is -2.59. The molecule has 170 valence electrons. The highest BCUT2D eigenvalue weighted by molar-refractivity contribution is 7.17. The molecule has 2 aromatic rings. The number of nitrogens with zero attached hydrogens (tertiary/aromatic N) is 3. The van der Waals surface area contributed by atoms with Crippen LogP contribution in [0.1, 0.15) is 58.9 Å². The number of hydrogen-bond donors (Lipinski definition) is 3. The second-order valence-corrected chi connectivity index (χ2v) is 8.65. The zero-order valence-electron chi connectivity index (χ0n) is 18.2. The Morgan fingerprint density at radius 2 is 2.06 bits per heavy atom. The highest BCUT2D eigenvalue weighted by Gasteiger charge is 2.32. The Kier molecular flexibility index (Phi) is 7.90. The highest BCUT2D eigenvalue weighted by atomic mass is 35.5. The summed E-state index contributed by atoms with van der Waals surface area (Å²) in [4.78, 5) is 39.3. The molecule has 0 aromatic carbocycles. The van der Waals surface area contributed by atoms with Gasteiger partial charge in [0.25, 0.3) is 5.91 Å². The van der Waals surface area contributed by atoms with Crippen molar-refractivity contribution in [1.29, 1.82) is 0 Å². The molecule has 0 bridgehead atoms. The number of thiazole rings is 1. The zero-order valence-corrected chi connectivity index (χ0v) is 19.8. The molecule has 1 aliphatic heterocycles. The van der Waals surface area contributed by atoms with Gasteiger partial charge in [-0.05, 0) is 33.2 Å². The zero-order chi connectivity index (χ0) is 22.5. The van der Waals surface area contributed by atoms with E-state index in [1.165, 1.54) is 11.3 Å². The minimum absolute atomic E-state index is 0.0222. The number of esters is 1. The van der Waals surface area contributed by atoms with Gasteiger partial charge in [-0.15, -0.1) is 0 Å². The van der Waals surface area contributed by atoms with Crippen molar-refractivity contribution in [3.63, 3.8) is 0 Å². The molecule has 11 heteroatoms. The van der Waals surface area contributed by atoms with Crippen molar-refractivity contribution in [2.24, 2.45) is 0 Å². The van der Waals surface area contributed by atoms with Gasteiger partial charge in [0.1, 0.15) is 4.88 Å². The number of imidazole rings is 1. The van der Waals surface area contributed by atoms with Crippen molar-refractivity contribution < 1.29 is 14.3 Å². The molecule has 2 aromatic heterocycles. The van der Waals surface area contributed by atoms with Crippen LogP contribution in [0.15, 0.2) is 0 Å². The number of carbonyl (C=O) groups excluding carboxylic acids is 2. The lowest BCUT2D eigenvalue weighted by atomic mass is 9.99. The first-order valence-corrected chi connectivity index (χ1v) is 11.7. The number of hydrogen-bond acceptors (Lipinski definition) is 8. The summed E-state index contributed by atoms with van der Waals surface area (Å²) in [6, 6.07) is -0.0442. The van der Waals surface area contributed by atoms with Gasteiger partial charge in [0.15, 0.2) is 16.1 Å². The minimum Gasteiger partial charge on any atom is -0.462 e.